The molecule has 2 aromatic heterocycles. The highest BCUT2D eigenvalue weighted by atomic mass is 32.1. The molecule has 0 bridgehead atoms. The number of carbonyl (C=O) groups is 5. The quantitative estimate of drug-likeness (QED) is 0.0177. The Kier molecular flexibility index (Phi) is 19.0. The van der Waals surface area contributed by atoms with Gasteiger partial charge in [0.25, 0.3) is 5.60 Å². The van der Waals surface area contributed by atoms with Gasteiger partial charge in [-0.15, -0.1) is 16.0 Å². The number of anilines is 1. The molecule has 20 nitrogen and oxygen atoms in total. The Labute approximate surface area is 435 Å². The molecule has 0 unspecified atom stereocenters. The van der Waals surface area contributed by atoms with Crippen molar-refractivity contribution in [3.63, 3.8) is 0 Å². The van der Waals surface area contributed by atoms with Crippen molar-refractivity contribution in [1.29, 1.82) is 0 Å². The maximum Gasteiger partial charge on any atom is 0.413 e. The Morgan fingerprint density at radius 1 is 0.849 bits per heavy atom. The smallest absolute Gasteiger partial charge is 0.413 e. The topological polar surface area (TPSA) is 240 Å². The van der Waals surface area contributed by atoms with Gasteiger partial charge in [0, 0.05) is 11.9 Å². The largest absolute Gasteiger partial charge is 0.485 e. The molecule has 1 aliphatic heterocycles. The van der Waals surface area contributed by atoms with Crippen LogP contribution in [-0.2, 0) is 57.3 Å². The minimum absolute atomic E-state index is 0.0612. The first-order chi connectivity index (χ1) is 33.3. The number of esters is 1. The average Bonchev–Trinajstić information content (AvgIpc) is 3.84. The van der Waals surface area contributed by atoms with E-state index in [1.165, 1.54) is 12.3 Å². The molecule has 1 aromatic carbocycles. The van der Waals surface area contributed by atoms with Crippen molar-refractivity contribution in [3.05, 3.63) is 47.2 Å². The van der Waals surface area contributed by atoms with Gasteiger partial charge in [-0.25, -0.2) is 29.0 Å². The second kappa shape index (κ2) is 23.2. The number of aryl methyl sites for hydroxylation is 2. The summed E-state index contributed by atoms with van der Waals surface area (Å²) in [6.07, 6.45) is 2.08. The van der Waals surface area contributed by atoms with E-state index >= 15 is 0 Å². The number of oxime groups is 1. The lowest BCUT2D eigenvalue weighted by molar-refractivity contribution is -0.779. The van der Waals surface area contributed by atoms with Gasteiger partial charge in [0.05, 0.1) is 24.8 Å². The fraction of sp³-hybridized carbons (Fsp3) is 0.647. The monoisotopic (exact) mass is 1060 g/mol. The van der Waals surface area contributed by atoms with Crippen LogP contribution in [0.2, 0.25) is 18.1 Å². The predicted octanol–water partition coefficient (Wildman–Crippen LogP) is 9.38. The summed E-state index contributed by atoms with van der Waals surface area (Å²) >= 11 is 0.953. The molecular formula is C51H80N7O13SSi+. The summed E-state index contributed by atoms with van der Waals surface area (Å²) < 4.78 is 39.7. The van der Waals surface area contributed by atoms with Crippen LogP contribution < -0.4 is 25.4 Å². The molecule has 3 heterocycles. The lowest BCUT2D eigenvalue weighted by atomic mass is 9.89. The summed E-state index contributed by atoms with van der Waals surface area (Å²) in [6, 6.07) is 5.73. The number of nitrogens with zero attached hydrogens (tertiary/aromatic N) is 4. The number of rotatable bonds is 18. The zero-order valence-corrected chi connectivity index (χ0v) is 47.9. The van der Waals surface area contributed by atoms with Crippen LogP contribution >= 0.6 is 11.3 Å². The predicted molar refractivity (Wildman–Crippen MR) is 279 cm³/mol. The Balaban J connectivity index is 1.67. The summed E-state index contributed by atoms with van der Waals surface area (Å²) in [5.74, 6) is -1.84. The van der Waals surface area contributed by atoms with E-state index in [1.807, 2.05) is 72.1 Å². The van der Waals surface area contributed by atoms with E-state index < -0.39 is 84.5 Å². The molecule has 3 amide bonds. The van der Waals surface area contributed by atoms with Crippen molar-refractivity contribution < 1.29 is 66.7 Å². The number of hydrogen-bond donors (Lipinski definition) is 4. The molecular weight excluding hydrogens is 979 g/mol. The number of carboxylic acids is 1. The van der Waals surface area contributed by atoms with Gasteiger partial charge in [0.2, 0.25) is 11.9 Å². The normalized spacial score (nSPS) is 15.9. The number of alkyl carbamates (subject to hydrolysis) is 2. The second-order valence-corrected chi connectivity index (χ2v) is 29.4. The molecule has 0 saturated heterocycles. The van der Waals surface area contributed by atoms with Crippen LogP contribution in [0.5, 0.6) is 5.75 Å². The van der Waals surface area contributed by atoms with Gasteiger partial charge in [-0.2, -0.15) is 4.68 Å². The molecule has 22 heteroatoms. The van der Waals surface area contributed by atoms with Gasteiger partial charge in [-0.1, -0.05) is 32.0 Å². The highest BCUT2D eigenvalue weighted by Crippen LogP contribution is 2.39. The maximum absolute atomic E-state index is 14.1. The summed E-state index contributed by atoms with van der Waals surface area (Å²) in [6.45, 7) is 34.8. The molecule has 0 radical (unpaired) electrons. The summed E-state index contributed by atoms with van der Waals surface area (Å²) in [5.41, 5.74) is -3.14. The summed E-state index contributed by atoms with van der Waals surface area (Å²) in [4.78, 5) is 74.5. The van der Waals surface area contributed by atoms with Gasteiger partial charge in [0.15, 0.2) is 26.1 Å². The number of aromatic nitrogens is 3. The zero-order chi connectivity index (χ0) is 55.1. The number of benzene rings is 1. The van der Waals surface area contributed by atoms with E-state index in [-0.39, 0.29) is 28.8 Å². The number of aliphatic carboxylic acids is 1. The number of thiazole rings is 1. The lowest BCUT2D eigenvalue weighted by Crippen LogP contribution is -2.55. The molecule has 0 spiro atoms. The number of ether oxygens (including phenoxy) is 5. The highest BCUT2D eigenvalue weighted by Gasteiger charge is 2.51. The Hall–Kier alpha value is -5.74. The van der Waals surface area contributed by atoms with Crippen LogP contribution in [0, 0.1) is 0 Å². The Morgan fingerprint density at radius 3 is 2.01 bits per heavy atom. The third-order valence-electron chi connectivity index (χ3n) is 11.3. The minimum atomic E-state index is -2.36. The van der Waals surface area contributed by atoms with Crippen LogP contribution in [0.15, 0.2) is 41.1 Å². The Morgan fingerprint density at radius 2 is 1.44 bits per heavy atom. The van der Waals surface area contributed by atoms with Crippen LogP contribution in [0.25, 0.3) is 11.1 Å². The van der Waals surface area contributed by atoms with Crippen LogP contribution in [0.3, 0.4) is 0 Å². The van der Waals surface area contributed by atoms with E-state index in [2.05, 4.69) is 69.3 Å². The fourth-order valence-electron chi connectivity index (χ4n) is 6.93. The maximum atomic E-state index is 14.1. The van der Waals surface area contributed by atoms with Gasteiger partial charge < -0.3 is 48.7 Å². The van der Waals surface area contributed by atoms with Crippen molar-refractivity contribution in [3.8, 4) is 16.9 Å². The van der Waals surface area contributed by atoms with Crippen LogP contribution in [0.4, 0.5) is 19.5 Å². The van der Waals surface area contributed by atoms with Crippen LogP contribution in [-0.4, -0.2) is 112 Å². The van der Waals surface area contributed by atoms with E-state index in [1.54, 1.807) is 41.5 Å². The molecule has 406 valence electrons. The molecule has 3 atom stereocenters. The third kappa shape index (κ3) is 18.6. The number of nitrogens with one attached hydrogen (secondary N) is 3. The van der Waals surface area contributed by atoms with Crippen molar-refractivity contribution in [1.82, 2.24) is 20.3 Å². The van der Waals surface area contributed by atoms with Crippen molar-refractivity contribution >= 4 is 60.7 Å². The second-order valence-electron chi connectivity index (χ2n) is 23.7. The van der Waals surface area contributed by atoms with E-state index in [9.17, 15) is 29.1 Å². The fourth-order valence-corrected chi connectivity index (χ4v) is 8.96. The van der Waals surface area contributed by atoms with E-state index in [0.29, 0.717) is 38.2 Å². The van der Waals surface area contributed by atoms with E-state index in [4.69, 9.17) is 32.9 Å². The first-order valence-corrected chi connectivity index (χ1v) is 28.3. The lowest BCUT2D eigenvalue weighted by Gasteiger charge is -2.38. The molecule has 4 N–H and O–H groups in total. The first kappa shape index (κ1) is 59.8. The summed E-state index contributed by atoms with van der Waals surface area (Å²) in [7, 11) is -2.36. The third-order valence-corrected chi connectivity index (χ3v) is 16.6. The minimum Gasteiger partial charge on any atom is -0.485 e. The van der Waals surface area contributed by atoms with E-state index in [0.717, 1.165) is 28.0 Å². The number of hydrogen-bond acceptors (Lipinski definition) is 15. The van der Waals surface area contributed by atoms with Crippen LogP contribution in [0.1, 0.15) is 135 Å². The zero-order valence-electron chi connectivity index (χ0n) is 46.1. The van der Waals surface area contributed by atoms with Gasteiger partial charge in [-0.05, 0) is 151 Å². The van der Waals surface area contributed by atoms with Gasteiger partial charge in [-0.3, -0.25) is 5.32 Å². The van der Waals surface area contributed by atoms with Crippen molar-refractivity contribution in [2.45, 2.75) is 201 Å². The van der Waals surface area contributed by atoms with Gasteiger partial charge >= 0.3 is 30.2 Å². The summed E-state index contributed by atoms with van der Waals surface area (Å²) in [5, 5.41) is 23.8. The standard InChI is InChI=1S/C51H79N7O13SSi/c1-46(2,3)66-41(61)51(16,71-56-39(40(59)60)36-31-72-42(54-36)55-45(64)69-49(10,11)12)38-23-21-33-26-32(20-22-37(33)65-38)34-28-57(25-19-24-52-43(62)67-47(4,5)6)58(29-34)30-35(70-73(17,18)50(13,14)15)27-53-44(63)68-48(7,8)9/h20,22,26,28-29,31,35,38H,19,21,23-25,27,30H2,1-18H3,(H3-,52,53,54,55,59,60,62,63,64)/p+1/b56-39-/t35-,38+,51-/m0/s1. The molecule has 0 saturated carbocycles. The average molecular weight is 1060 g/mol. The number of carboxylic acid groups (broad SMARTS) is 1. The highest BCUT2D eigenvalue weighted by molar-refractivity contribution is 7.14. The SMILES string of the molecule is CC(C)(C)OC(=O)NCCCn1cc(-c2ccc3c(c2)CC[C@H]([C@](C)(O/N=C(\C(=O)O)c2csc(NC(=O)OC(C)(C)C)n2)C(=O)OC(C)(C)C)O3)c[n+]1C[C@H](CNC(=O)OC(C)(C)C)O[Si](C)(C)C(C)(C)C. The molecule has 3 aromatic rings. The van der Waals surface area contributed by atoms with Gasteiger partial charge in [0.1, 0.15) is 40.0 Å². The van der Waals surface area contributed by atoms with Crippen molar-refractivity contribution in [2.75, 3.05) is 18.4 Å². The molecule has 0 aliphatic carbocycles. The molecule has 1 aliphatic rings. The number of carbonyl (C=O) groups excluding carboxylic acids is 4. The Bertz CT molecular complexity index is 2470. The molecule has 73 heavy (non-hydrogen) atoms. The molecule has 4 rings (SSSR count). The molecule has 0 fully saturated rings. The van der Waals surface area contributed by atoms with Crippen molar-refractivity contribution in [2.24, 2.45) is 5.16 Å². The number of amides is 3. The first-order valence-electron chi connectivity index (χ1n) is 24.5. The number of fused-ring (bicyclic) bond motifs is 1.